The number of thiophene rings is 1. The molecular weight excluding hydrogens is 359 g/mol. The zero-order valence-corrected chi connectivity index (χ0v) is 14.9. The first-order valence-electron chi connectivity index (χ1n) is 7.96. The zero-order chi connectivity index (χ0) is 18.6. The van der Waals surface area contributed by atoms with Gasteiger partial charge in [-0.1, -0.05) is 0 Å². The molecule has 1 saturated heterocycles. The summed E-state index contributed by atoms with van der Waals surface area (Å²) in [7, 11) is 1.80. The van der Waals surface area contributed by atoms with Gasteiger partial charge in [-0.3, -0.25) is 4.90 Å². The number of carboxylic acids is 1. The van der Waals surface area contributed by atoms with E-state index in [1.54, 1.807) is 7.11 Å². The number of rotatable bonds is 3. The standard InChI is InChI=1S/C14H21NO2S.C2HF3O2/c1-10-3-4-11(18-10)9-15-7-8-17-14-12(15)5-6-13(14)16-2;3-2(4,5)1(6)7/h3-4,12-14H,5-9H2,1-2H3;(H,6,7)/t12-,13+,14+;/m0./s1. The summed E-state index contributed by atoms with van der Waals surface area (Å²) >= 11 is 1.91. The van der Waals surface area contributed by atoms with Crippen molar-refractivity contribution in [2.45, 2.75) is 50.7 Å². The Morgan fingerprint density at radius 1 is 1.44 bits per heavy atom. The number of hydrogen-bond donors (Lipinski definition) is 1. The molecule has 2 aliphatic rings. The molecule has 3 atom stereocenters. The van der Waals surface area contributed by atoms with E-state index in [4.69, 9.17) is 19.4 Å². The van der Waals surface area contributed by atoms with E-state index in [0.717, 1.165) is 26.1 Å². The highest BCUT2D eigenvalue weighted by molar-refractivity contribution is 7.11. The lowest BCUT2D eigenvalue weighted by atomic mass is 10.1. The molecule has 142 valence electrons. The zero-order valence-electron chi connectivity index (χ0n) is 14.1. The lowest BCUT2D eigenvalue weighted by Crippen LogP contribution is -2.50. The first-order chi connectivity index (χ1) is 11.7. The van der Waals surface area contributed by atoms with Crippen LogP contribution in [0.5, 0.6) is 0 Å². The van der Waals surface area contributed by atoms with Gasteiger partial charge < -0.3 is 14.6 Å². The molecule has 1 saturated carbocycles. The summed E-state index contributed by atoms with van der Waals surface area (Å²) in [5.41, 5.74) is 0. The van der Waals surface area contributed by atoms with Gasteiger partial charge in [-0.15, -0.1) is 11.3 Å². The average Bonchev–Trinajstić information content (AvgIpc) is 3.13. The van der Waals surface area contributed by atoms with Crippen molar-refractivity contribution in [2.24, 2.45) is 0 Å². The van der Waals surface area contributed by atoms with E-state index in [-0.39, 0.29) is 6.10 Å². The molecule has 0 spiro atoms. The third kappa shape index (κ3) is 5.40. The molecule has 5 nitrogen and oxygen atoms in total. The Morgan fingerprint density at radius 3 is 2.64 bits per heavy atom. The molecule has 3 rings (SSSR count). The van der Waals surface area contributed by atoms with Crippen LogP contribution in [0.3, 0.4) is 0 Å². The highest BCUT2D eigenvalue weighted by Crippen LogP contribution is 2.33. The van der Waals surface area contributed by atoms with Crippen LogP contribution in [0.25, 0.3) is 0 Å². The molecule has 0 radical (unpaired) electrons. The highest BCUT2D eigenvalue weighted by Gasteiger charge is 2.42. The molecule has 0 aromatic carbocycles. The van der Waals surface area contributed by atoms with Crippen LogP contribution < -0.4 is 0 Å². The van der Waals surface area contributed by atoms with Gasteiger partial charge in [-0.25, -0.2) is 4.79 Å². The Morgan fingerprint density at radius 2 is 2.12 bits per heavy atom. The Kier molecular flexibility index (Phi) is 6.84. The van der Waals surface area contributed by atoms with E-state index in [1.165, 1.54) is 16.2 Å². The maximum atomic E-state index is 10.6. The number of carboxylic acid groups (broad SMARTS) is 1. The van der Waals surface area contributed by atoms with Crippen molar-refractivity contribution in [1.29, 1.82) is 0 Å². The monoisotopic (exact) mass is 381 g/mol. The molecule has 0 bridgehead atoms. The number of aryl methyl sites for hydroxylation is 1. The molecule has 1 aliphatic carbocycles. The summed E-state index contributed by atoms with van der Waals surface area (Å²) in [6, 6.07) is 5.02. The van der Waals surface area contributed by atoms with E-state index in [9.17, 15) is 13.2 Å². The number of aliphatic carboxylic acids is 1. The Balaban J connectivity index is 0.000000277. The van der Waals surface area contributed by atoms with Crippen molar-refractivity contribution in [1.82, 2.24) is 4.90 Å². The first-order valence-corrected chi connectivity index (χ1v) is 8.78. The third-order valence-electron chi connectivity index (χ3n) is 4.35. The van der Waals surface area contributed by atoms with Gasteiger partial charge in [0.05, 0.1) is 18.8 Å². The van der Waals surface area contributed by atoms with Gasteiger partial charge in [0, 0.05) is 36.0 Å². The second kappa shape index (κ2) is 8.48. The summed E-state index contributed by atoms with van der Waals surface area (Å²) in [6.45, 7) is 5.13. The van der Waals surface area contributed by atoms with Crippen LogP contribution in [0, 0.1) is 6.92 Å². The van der Waals surface area contributed by atoms with Crippen LogP contribution in [0.2, 0.25) is 0 Å². The minimum absolute atomic E-state index is 0.282. The number of methoxy groups -OCH3 is 1. The van der Waals surface area contributed by atoms with Crippen molar-refractivity contribution in [3.63, 3.8) is 0 Å². The number of alkyl halides is 3. The van der Waals surface area contributed by atoms with Gasteiger partial charge in [-0.05, 0) is 31.9 Å². The number of nitrogens with zero attached hydrogens (tertiary/aromatic N) is 1. The molecule has 1 aromatic heterocycles. The quantitative estimate of drug-likeness (QED) is 0.872. The fourth-order valence-corrected chi connectivity index (χ4v) is 4.13. The van der Waals surface area contributed by atoms with E-state index in [0.29, 0.717) is 12.1 Å². The maximum Gasteiger partial charge on any atom is 0.490 e. The van der Waals surface area contributed by atoms with Crippen LogP contribution in [0.4, 0.5) is 13.2 Å². The van der Waals surface area contributed by atoms with Gasteiger partial charge in [0.1, 0.15) is 0 Å². The molecule has 1 aromatic rings. The van der Waals surface area contributed by atoms with E-state index >= 15 is 0 Å². The predicted octanol–water partition coefficient (Wildman–Crippen LogP) is 3.07. The first kappa shape index (κ1) is 20.2. The lowest BCUT2D eigenvalue weighted by Gasteiger charge is -2.38. The Hall–Kier alpha value is -1.16. The molecule has 0 unspecified atom stereocenters. The van der Waals surface area contributed by atoms with Gasteiger partial charge in [0.15, 0.2) is 0 Å². The van der Waals surface area contributed by atoms with Crippen LogP contribution in [0.15, 0.2) is 12.1 Å². The average molecular weight is 381 g/mol. The van der Waals surface area contributed by atoms with Crippen LogP contribution >= 0.6 is 11.3 Å². The fraction of sp³-hybridized carbons (Fsp3) is 0.688. The van der Waals surface area contributed by atoms with Crippen molar-refractivity contribution < 1.29 is 32.5 Å². The van der Waals surface area contributed by atoms with Gasteiger partial charge in [0.25, 0.3) is 0 Å². The SMILES string of the molecule is CO[C@@H]1CC[C@H]2[C@H]1OCCN2Cc1ccc(C)s1.O=C(O)C(F)(F)F. The van der Waals surface area contributed by atoms with Crippen molar-refractivity contribution >= 4 is 17.3 Å². The summed E-state index contributed by atoms with van der Waals surface area (Å²) in [5.74, 6) is -2.76. The van der Waals surface area contributed by atoms with Gasteiger partial charge in [-0.2, -0.15) is 13.2 Å². The molecule has 1 N–H and O–H groups in total. The number of hydrogen-bond acceptors (Lipinski definition) is 5. The second-order valence-electron chi connectivity index (χ2n) is 6.04. The highest BCUT2D eigenvalue weighted by atomic mass is 32.1. The maximum absolute atomic E-state index is 10.6. The molecule has 25 heavy (non-hydrogen) atoms. The molecule has 2 heterocycles. The van der Waals surface area contributed by atoms with E-state index in [1.807, 2.05) is 11.3 Å². The largest absolute Gasteiger partial charge is 0.490 e. The van der Waals surface area contributed by atoms with Crippen LogP contribution in [-0.2, 0) is 20.8 Å². The summed E-state index contributed by atoms with van der Waals surface area (Å²) in [6.07, 6.45) is -2.17. The van der Waals surface area contributed by atoms with Crippen molar-refractivity contribution in [2.75, 3.05) is 20.3 Å². The Bertz CT molecular complexity index is 578. The van der Waals surface area contributed by atoms with Crippen LogP contribution in [-0.4, -0.2) is 60.7 Å². The summed E-state index contributed by atoms with van der Waals surface area (Å²) in [5, 5.41) is 7.12. The summed E-state index contributed by atoms with van der Waals surface area (Å²) in [4.78, 5) is 14.3. The van der Waals surface area contributed by atoms with Crippen molar-refractivity contribution in [3.8, 4) is 0 Å². The van der Waals surface area contributed by atoms with Crippen molar-refractivity contribution in [3.05, 3.63) is 21.9 Å². The van der Waals surface area contributed by atoms with Gasteiger partial charge in [0.2, 0.25) is 0 Å². The minimum atomic E-state index is -5.08. The molecule has 0 amide bonds. The lowest BCUT2D eigenvalue weighted by molar-refractivity contribution is -0.192. The summed E-state index contributed by atoms with van der Waals surface area (Å²) < 4.78 is 43.2. The van der Waals surface area contributed by atoms with E-state index in [2.05, 4.69) is 24.0 Å². The molecule has 1 aliphatic heterocycles. The normalized spacial score (nSPS) is 26.7. The third-order valence-corrected chi connectivity index (χ3v) is 5.34. The second-order valence-corrected chi connectivity index (χ2v) is 7.41. The van der Waals surface area contributed by atoms with Gasteiger partial charge >= 0.3 is 12.1 Å². The number of halogens is 3. The Labute approximate surface area is 148 Å². The topological polar surface area (TPSA) is 59.0 Å². The molecular formula is C16H22F3NO4S. The van der Waals surface area contributed by atoms with Crippen LogP contribution in [0.1, 0.15) is 22.6 Å². The smallest absolute Gasteiger partial charge is 0.475 e. The number of carbonyl (C=O) groups is 1. The number of fused-ring (bicyclic) bond motifs is 1. The molecule has 2 fully saturated rings. The predicted molar refractivity (Wildman–Crippen MR) is 86.7 cm³/mol. The molecule has 9 heteroatoms. The van der Waals surface area contributed by atoms with E-state index < -0.39 is 12.1 Å². The number of morpholine rings is 1. The fourth-order valence-electron chi connectivity index (χ4n) is 3.21. The number of ether oxygens (including phenoxy) is 2. The minimum Gasteiger partial charge on any atom is -0.475 e.